The average molecular weight is 572 g/mol. The molecule has 0 saturated heterocycles. The van der Waals surface area contributed by atoms with Gasteiger partial charge in [0.15, 0.2) is 0 Å². The summed E-state index contributed by atoms with van der Waals surface area (Å²) in [5.41, 5.74) is 14.9. The number of fused-ring (bicyclic) bond motifs is 5. The molecular formula is C38H29B5S. The second-order valence-electron chi connectivity index (χ2n) is 12.2. The van der Waals surface area contributed by atoms with Crippen molar-refractivity contribution in [2.24, 2.45) is 0 Å². The van der Waals surface area contributed by atoms with Gasteiger partial charge in [0, 0.05) is 20.2 Å². The molecule has 0 bridgehead atoms. The number of rotatable bonds is 3. The summed E-state index contributed by atoms with van der Waals surface area (Å²) in [5, 5.41) is 7.93. The zero-order valence-electron chi connectivity index (χ0n) is 25.9. The predicted molar refractivity (Wildman–Crippen MR) is 212 cm³/mol. The monoisotopic (exact) mass is 572 g/mol. The Labute approximate surface area is 267 Å². The van der Waals surface area contributed by atoms with E-state index in [1.54, 1.807) is 0 Å². The van der Waals surface area contributed by atoms with Crippen molar-refractivity contribution >= 4 is 120 Å². The third-order valence-electron chi connectivity index (χ3n) is 10.1. The van der Waals surface area contributed by atoms with E-state index in [0.29, 0.717) is 0 Å². The van der Waals surface area contributed by atoms with Crippen molar-refractivity contribution in [2.45, 2.75) is 0 Å². The molecule has 0 aliphatic rings. The first-order valence-electron chi connectivity index (χ1n) is 15.5. The minimum absolute atomic E-state index is 1.26. The number of hydrogen-bond acceptors (Lipinski definition) is 1. The van der Waals surface area contributed by atoms with E-state index in [1.165, 1.54) is 102 Å². The van der Waals surface area contributed by atoms with Crippen molar-refractivity contribution in [3.63, 3.8) is 0 Å². The highest BCUT2D eigenvalue weighted by molar-refractivity contribution is 7.26. The molecule has 0 saturated carbocycles. The van der Waals surface area contributed by atoms with Gasteiger partial charge in [0.2, 0.25) is 0 Å². The van der Waals surface area contributed by atoms with E-state index in [4.69, 9.17) is 0 Å². The van der Waals surface area contributed by atoms with Gasteiger partial charge in [-0.3, -0.25) is 0 Å². The summed E-state index contributed by atoms with van der Waals surface area (Å²) < 4.78 is 2.68. The highest BCUT2D eigenvalue weighted by Crippen LogP contribution is 2.48. The van der Waals surface area contributed by atoms with Gasteiger partial charge in [0.1, 0.15) is 39.2 Å². The molecule has 44 heavy (non-hydrogen) atoms. The van der Waals surface area contributed by atoms with Gasteiger partial charge in [-0.2, -0.15) is 0 Å². The fourth-order valence-electron chi connectivity index (χ4n) is 7.46. The first kappa shape index (κ1) is 27.2. The van der Waals surface area contributed by atoms with Gasteiger partial charge in [0.25, 0.3) is 0 Å². The minimum atomic E-state index is 1.26. The fraction of sp³-hybridized carbons (Fsp3) is 0. The molecule has 6 heteroatoms. The van der Waals surface area contributed by atoms with Gasteiger partial charge in [-0.05, 0) is 61.0 Å². The van der Waals surface area contributed by atoms with Crippen molar-refractivity contribution in [2.75, 3.05) is 0 Å². The molecule has 8 rings (SSSR count). The molecule has 0 nitrogen and oxygen atoms in total. The Morgan fingerprint density at radius 2 is 0.841 bits per heavy atom. The van der Waals surface area contributed by atoms with Crippen LogP contribution < -0.4 is 27.3 Å². The molecule has 0 N–H and O–H groups in total. The largest absolute Gasteiger partial charge is 0.139 e. The van der Waals surface area contributed by atoms with E-state index in [9.17, 15) is 0 Å². The normalized spacial score (nSPS) is 11.6. The highest BCUT2D eigenvalue weighted by atomic mass is 32.1. The molecular weight excluding hydrogens is 543 g/mol. The Morgan fingerprint density at radius 3 is 1.45 bits per heavy atom. The summed E-state index contributed by atoms with van der Waals surface area (Å²) in [5.74, 6) is 0. The lowest BCUT2D eigenvalue weighted by Gasteiger charge is -2.24. The van der Waals surface area contributed by atoms with E-state index in [1.807, 2.05) is 11.3 Å². The fourth-order valence-corrected chi connectivity index (χ4v) is 8.73. The summed E-state index contributed by atoms with van der Waals surface area (Å²) in [6, 6.07) is 42.6. The lowest BCUT2D eigenvalue weighted by molar-refractivity contribution is 1.67. The van der Waals surface area contributed by atoms with Gasteiger partial charge >= 0.3 is 0 Å². The van der Waals surface area contributed by atoms with E-state index < -0.39 is 0 Å². The SMILES string of the molecule is Bc1c(B)c(B)c(-c2c3ccccc3c(-c3cccc4sc5c(-c6ccccc6)cccc5c34)c3ccccc23)c(B)c1B. The molecule has 7 aromatic carbocycles. The molecule has 0 amide bonds. The van der Waals surface area contributed by atoms with Crippen LogP contribution in [-0.4, -0.2) is 39.2 Å². The van der Waals surface area contributed by atoms with Gasteiger partial charge in [0.05, 0.1) is 0 Å². The Balaban J connectivity index is 1.53. The van der Waals surface area contributed by atoms with Crippen LogP contribution in [0.3, 0.4) is 0 Å². The topological polar surface area (TPSA) is 0 Å². The summed E-state index contributed by atoms with van der Waals surface area (Å²) in [7, 11) is 11.5. The summed E-state index contributed by atoms with van der Waals surface area (Å²) in [4.78, 5) is 0. The maximum atomic E-state index is 2.34. The molecule has 1 aromatic heterocycles. The Kier molecular flexibility index (Phi) is 6.40. The first-order chi connectivity index (χ1) is 21.5. The molecule has 1 heterocycles. The quantitative estimate of drug-likeness (QED) is 0.226. The zero-order chi connectivity index (χ0) is 30.1. The predicted octanol–water partition coefficient (Wildman–Crippen LogP) is 2.65. The van der Waals surface area contributed by atoms with E-state index in [0.717, 1.165) is 0 Å². The van der Waals surface area contributed by atoms with Crippen molar-refractivity contribution in [3.8, 4) is 33.4 Å². The molecule has 0 aliphatic heterocycles. The van der Waals surface area contributed by atoms with Crippen LogP contribution in [0.15, 0.2) is 115 Å². The summed E-state index contributed by atoms with van der Waals surface area (Å²) in [6.45, 7) is 0. The molecule has 0 aliphatic carbocycles. The van der Waals surface area contributed by atoms with Crippen LogP contribution in [0.25, 0.3) is 75.1 Å². The van der Waals surface area contributed by atoms with Gasteiger partial charge in [-0.25, -0.2) is 0 Å². The summed E-state index contributed by atoms with van der Waals surface area (Å²) >= 11 is 1.91. The molecule has 0 atom stereocenters. The number of hydrogen-bond donors (Lipinski definition) is 0. The second kappa shape index (κ2) is 10.4. The van der Waals surface area contributed by atoms with Gasteiger partial charge in [-0.1, -0.05) is 120 Å². The molecule has 202 valence electrons. The van der Waals surface area contributed by atoms with E-state index >= 15 is 0 Å². The molecule has 0 fully saturated rings. The van der Waals surface area contributed by atoms with Crippen molar-refractivity contribution < 1.29 is 0 Å². The molecule has 0 spiro atoms. The average Bonchev–Trinajstić information content (AvgIpc) is 3.46. The molecule has 0 radical (unpaired) electrons. The second-order valence-corrected chi connectivity index (χ2v) is 13.2. The van der Waals surface area contributed by atoms with Crippen molar-refractivity contribution in [1.82, 2.24) is 0 Å². The lowest BCUT2D eigenvalue weighted by Crippen LogP contribution is -2.55. The Morgan fingerprint density at radius 1 is 0.364 bits per heavy atom. The third-order valence-corrected chi connectivity index (χ3v) is 11.3. The van der Waals surface area contributed by atoms with Crippen molar-refractivity contribution in [3.05, 3.63) is 115 Å². The zero-order valence-corrected chi connectivity index (χ0v) is 26.7. The van der Waals surface area contributed by atoms with Gasteiger partial charge in [-0.15, -0.1) is 27.7 Å². The van der Waals surface area contributed by atoms with Gasteiger partial charge < -0.3 is 0 Å². The van der Waals surface area contributed by atoms with E-state index in [2.05, 4.69) is 154 Å². The van der Waals surface area contributed by atoms with Crippen LogP contribution in [0.5, 0.6) is 0 Å². The van der Waals surface area contributed by atoms with Crippen LogP contribution in [-0.2, 0) is 0 Å². The number of benzene rings is 7. The van der Waals surface area contributed by atoms with Crippen LogP contribution in [0, 0.1) is 0 Å². The van der Waals surface area contributed by atoms with Crippen LogP contribution in [0.2, 0.25) is 0 Å². The van der Waals surface area contributed by atoms with Crippen LogP contribution in [0.4, 0.5) is 0 Å². The van der Waals surface area contributed by atoms with Crippen LogP contribution in [0.1, 0.15) is 0 Å². The summed E-state index contributed by atoms with van der Waals surface area (Å²) in [6.07, 6.45) is 0. The molecule has 0 unspecified atom stereocenters. The Bertz CT molecular complexity index is 2360. The van der Waals surface area contributed by atoms with E-state index in [-0.39, 0.29) is 0 Å². The molecule has 8 aromatic rings. The first-order valence-corrected chi connectivity index (χ1v) is 16.3. The maximum absolute atomic E-state index is 2.34. The van der Waals surface area contributed by atoms with Crippen molar-refractivity contribution in [1.29, 1.82) is 0 Å². The third kappa shape index (κ3) is 3.90. The van der Waals surface area contributed by atoms with Crippen LogP contribution >= 0.6 is 11.3 Å². The smallest absolute Gasteiger partial charge is 0.135 e. The lowest BCUT2D eigenvalue weighted by atomic mass is 9.59. The number of thiophene rings is 1. The maximum Gasteiger partial charge on any atom is 0.139 e. The standard InChI is InChI=1S/C38H29B5S/c39-33-32(34(40)36(42)37(43)35(33)41)31-24-14-6-4-12-22(24)29(23-13-5-7-15-25(23)31)26-17-9-19-28-30(26)27-18-8-16-21(38(27)44-28)20-10-2-1-3-11-20/h1-19H,39-43H2. The minimum Gasteiger partial charge on any atom is -0.135 e. The Hall–Kier alpha value is -4.40. The highest BCUT2D eigenvalue weighted by Gasteiger charge is 2.22.